The van der Waals surface area contributed by atoms with Gasteiger partial charge in [-0.05, 0) is 42.0 Å². The van der Waals surface area contributed by atoms with Crippen LogP contribution in [0.3, 0.4) is 0 Å². The molecule has 8 heteroatoms. The minimum absolute atomic E-state index is 0.0193. The second kappa shape index (κ2) is 7.67. The summed E-state index contributed by atoms with van der Waals surface area (Å²) in [5.74, 6) is 1.50. The molecule has 0 radical (unpaired) electrons. The van der Waals surface area contributed by atoms with Gasteiger partial charge in [-0.2, -0.15) is 5.10 Å². The average molecular weight is 392 g/mol. The molecule has 1 aliphatic heterocycles. The second-order valence-electron chi connectivity index (χ2n) is 6.57. The number of nitrogens with zero attached hydrogens (tertiary/aromatic N) is 2. The molecular formula is C21H20N4O4. The summed E-state index contributed by atoms with van der Waals surface area (Å²) >= 11 is 0. The number of hydrogen-bond acceptors (Lipinski definition) is 5. The van der Waals surface area contributed by atoms with Gasteiger partial charge in [0, 0.05) is 11.3 Å². The summed E-state index contributed by atoms with van der Waals surface area (Å²) in [6.45, 7) is 0. The first-order valence-corrected chi connectivity index (χ1v) is 9.05. The van der Waals surface area contributed by atoms with Crippen molar-refractivity contribution in [3.63, 3.8) is 0 Å². The Kier molecular flexibility index (Phi) is 4.90. The maximum Gasteiger partial charge on any atom is 0.251 e. The molecule has 2 amide bonds. The summed E-state index contributed by atoms with van der Waals surface area (Å²) < 4.78 is 11.8. The predicted molar refractivity (Wildman–Crippen MR) is 108 cm³/mol. The van der Waals surface area contributed by atoms with Crippen LogP contribution in [0.15, 0.2) is 54.7 Å². The van der Waals surface area contributed by atoms with E-state index in [0.717, 1.165) is 16.9 Å². The fourth-order valence-corrected chi connectivity index (χ4v) is 3.26. The highest BCUT2D eigenvalue weighted by atomic mass is 16.5. The quantitative estimate of drug-likeness (QED) is 0.672. The van der Waals surface area contributed by atoms with Gasteiger partial charge >= 0.3 is 0 Å². The van der Waals surface area contributed by atoms with E-state index in [9.17, 15) is 9.59 Å². The first kappa shape index (κ1) is 18.5. The Labute approximate surface area is 167 Å². The number of fused-ring (bicyclic) bond motifs is 1. The van der Waals surface area contributed by atoms with Crippen LogP contribution in [0.2, 0.25) is 0 Å². The first-order valence-electron chi connectivity index (χ1n) is 9.05. The number of anilines is 2. The Morgan fingerprint density at radius 2 is 1.69 bits per heavy atom. The van der Waals surface area contributed by atoms with E-state index in [4.69, 9.17) is 9.47 Å². The summed E-state index contributed by atoms with van der Waals surface area (Å²) in [4.78, 5) is 24.9. The summed E-state index contributed by atoms with van der Waals surface area (Å²) in [5, 5.41) is 9.97. The van der Waals surface area contributed by atoms with Gasteiger partial charge in [-0.1, -0.05) is 12.1 Å². The zero-order valence-electron chi connectivity index (χ0n) is 16.0. The molecule has 0 spiro atoms. The number of nitrogens with one attached hydrogen (secondary N) is 2. The van der Waals surface area contributed by atoms with Gasteiger partial charge in [0.1, 0.15) is 23.4 Å². The molecule has 0 saturated carbocycles. The van der Waals surface area contributed by atoms with Crippen LogP contribution in [0.5, 0.6) is 11.5 Å². The molecule has 1 unspecified atom stereocenters. The van der Waals surface area contributed by atoms with Gasteiger partial charge < -0.3 is 20.1 Å². The molecular weight excluding hydrogens is 372 g/mol. The number of amides is 2. The molecule has 0 saturated heterocycles. The normalized spacial score (nSPS) is 14.8. The van der Waals surface area contributed by atoms with Crippen LogP contribution in [-0.2, 0) is 9.59 Å². The highest BCUT2D eigenvalue weighted by molar-refractivity contribution is 6.04. The molecule has 29 heavy (non-hydrogen) atoms. The maximum atomic E-state index is 12.5. The van der Waals surface area contributed by atoms with Crippen LogP contribution >= 0.6 is 0 Å². The number of rotatable bonds is 6. The minimum Gasteiger partial charge on any atom is -0.497 e. The average Bonchev–Trinajstić information content (AvgIpc) is 3.28. The van der Waals surface area contributed by atoms with Crippen LogP contribution in [-0.4, -0.2) is 35.8 Å². The van der Waals surface area contributed by atoms with Crippen LogP contribution in [0.4, 0.5) is 11.5 Å². The molecule has 148 valence electrons. The van der Waals surface area contributed by atoms with E-state index in [-0.39, 0.29) is 18.2 Å². The molecule has 1 aromatic heterocycles. The third-order valence-electron chi connectivity index (χ3n) is 4.79. The van der Waals surface area contributed by atoms with Crippen molar-refractivity contribution < 1.29 is 19.1 Å². The molecule has 0 bridgehead atoms. The van der Waals surface area contributed by atoms with Crippen molar-refractivity contribution in [3.8, 4) is 22.6 Å². The Hall–Kier alpha value is -3.81. The fourth-order valence-electron chi connectivity index (χ4n) is 3.26. The molecule has 1 aliphatic rings. The van der Waals surface area contributed by atoms with Crippen molar-refractivity contribution in [2.75, 3.05) is 24.9 Å². The van der Waals surface area contributed by atoms with E-state index >= 15 is 0 Å². The van der Waals surface area contributed by atoms with E-state index in [1.165, 1.54) is 0 Å². The number of ether oxygens (including phenoxy) is 2. The molecule has 8 nitrogen and oxygen atoms in total. The molecule has 3 aromatic rings. The van der Waals surface area contributed by atoms with Gasteiger partial charge in [0.2, 0.25) is 5.91 Å². The Morgan fingerprint density at radius 3 is 2.31 bits per heavy atom. The number of carbonyl (C=O) groups excluding carboxylic acids is 2. The van der Waals surface area contributed by atoms with Crippen molar-refractivity contribution in [1.29, 1.82) is 0 Å². The zero-order chi connectivity index (χ0) is 20.4. The Bertz CT molecular complexity index is 1040. The van der Waals surface area contributed by atoms with Crippen molar-refractivity contribution >= 4 is 23.3 Å². The van der Waals surface area contributed by atoms with Gasteiger partial charge in [0.15, 0.2) is 0 Å². The molecule has 2 heterocycles. The number of aromatic nitrogens is 2. The van der Waals surface area contributed by atoms with Crippen molar-refractivity contribution in [1.82, 2.24) is 9.78 Å². The third-order valence-corrected chi connectivity index (χ3v) is 4.79. The third kappa shape index (κ3) is 3.64. The number of benzene rings is 2. The topological polar surface area (TPSA) is 94.5 Å². The monoisotopic (exact) mass is 392 g/mol. The molecule has 2 aromatic carbocycles. The Morgan fingerprint density at radius 1 is 1.07 bits per heavy atom. The molecule has 1 atom stereocenters. The lowest BCUT2D eigenvalue weighted by Gasteiger charge is -2.10. The highest BCUT2D eigenvalue weighted by Crippen LogP contribution is 2.36. The fraction of sp³-hybridized carbons (Fsp3) is 0.190. The van der Waals surface area contributed by atoms with E-state index in [2.05, 4.69) is 15.7 Å². The highest BCUT2D eigenvalue weighted by Gasteiger charge is 2.35. The minimum atomic E-state index is -0.699. The maximum absolute atomic E-state index is 12.5. The van der Waals surface area contributed by atoms with Gasteiger partial charge in [0.25, 0.3) is 5.91 Å². The number of carbonyl (C=O) groups is 2. The van der Waals surface area contributed by atoms with Crippen LogP contribution < -0.4 is 20.1 Å². The van der Waals surface area contributed by atoms with Crippen LogP contribution in [0, 0.1) is 0 Å². The summed E-state index contributed by atoms with van der Waals surface area (Å²) in [6, 6.07) is 13.8. The van der Waals surface area contributed by atoms with Crippen LogP contribution in [0.1, 0.15) is 12.5 Å². The smallest absolute Gasteiger partial charge is 0.251 e. The predicted octanol–water partition coefficient (Wildman–Crippen LogP) is 3.09. The van der Waals surface area contributed by atoms with Crippen molar-refractivity contribution in [2.24, 2.45) is 0 Å². The molecule has 0 aliphatic carbocycles. The molecule has 0 fully saturated rings. The number of hydrogen-bond donors (Lipinski definition) is 2. The van der Waals surface area contributed by atoms with Gasteiger partial charge in [0.05, 0.1) is 26.8 Å². The van der Waals surface area contributed by atoms with Gasteiger partial charge in [-0.15, -0.1) is 0 Å². The summed E-state index contributed by atoms with van der Waals surface area (Å²) in [5.41, 5.74) is 2.32. The standard InChI is InChI=1S/C21H20N4O4/c1-28-15-7-3-13(4-8-15)17-12-22-25-18(21(27)24-20(17)25)11-19(26)23-14-5-9-16(29-2)10-6-14/h3-10,12,18H,11H2,1-2H3,(H,23,26)(H,24,27). The summed E-state index contributed by atoms with van der Waals surface area (Å²) in [6.07, 6.45) is 1.67. The molecule has 2 N–H and O–H groups in total. The zero-order valence-corrected chi connectivity index (χ0v) is 16.0. The van der Waals surface area contributed by atoms with E-state index in [1.54, 1.807) is 49.4 Å². The lowest BCUT2D eigenvalue weighted by molar-refractivity contribution is -0.123. The van der Waals surface area contributed by atoms with E-state index < -0.39 is 6.04 Å². The SMILES string of the molecule is COc1ccc(NC(=O)CC2C(=O)Nc3c(-c4ccc(OC)cc4)cnn32)cc1. The van der Waals surface area contributed by atoms with Crippen molar-refractivity contribution in [2.45, 2.75) is 12.5 Å². The lowest BCUT2D eigenvalue weighted by atomic mass is 10.1. The summed E-state index contributed by atoms with van der Waals surface area (Å²) in [7, 11) is 3.18. The van der Waals surface area contributed by atoms with E-state index in [0.29, 0.717) is 17.3 Å². The van der Waals surface area contributed by atoms with Gasteiger partial charge in [-0.3, -0.25) is 9.59 Å². The van der Waals surface area contributed by atoms with Crippen LogP contribution in [0.25, 0.3) is 11.1 Å². The number of methoxy groups -OCH3 is 2. The first-order chi connectivity index (χ1) is 14.1. The van der Waals surface area contributed by atoms with Crippen molar-refractivity contribution in [3.05, 3.63) is 54.7 Å². The molecule has 4 rings (SSSR count). The van der Waals surface area contributed by atoms with Gasteiger partial charge in [-0.25, -0.2) is 4.68 Å². The van der Waals surface area contributed by atoms with E-state index in [1.807, 2.05) is 24.3 Å². The second-order valence-corrected chi connectivity index (χ2v) is 6.57. The Balaban J connectivity index is 1.49. The lowest BCUT2D eigenvalue weighted by Crippen LogP contribution is -2.23. The largest absolute Gasteiger partial charge is 0.497 e.